The number of benzene rings is 2. The summed E-state index contributed by atoms with van der Waals surface area (Å²) in [6, 6.07) is 16.2. The van der Waals surface area contributed by atoms with Gasteiger partial charge in [-0.25, -0.2) is 4.57 Å². The molecule has 4 atom stereocenters. The maximum atomic E-state index is 14.2. The van der Waals surface area contributed by atoms with Crippen LogP contribution in [0.4, 0.5) is 0 Å². The van der Waals surface area contributed by atoms with Gasteiger partial charge in [-0.05, 0) is 61.8 Å². The number of hydrogen-bond acceptors (Lipinski definition) is 6. The third-order valence-electron chi connectivity index (χ3n) is 7.67. The molecule has 2 aromatic rings. The molecule has 40 heavy (non-hydrogen) atoms. The average Bonchev–Trinajstić information content (AvgIpc) is 3.48. The second kappa shape index (κ2) is 15.0. The Morgan fingerprint density at radius 3 is 2.08 bits per heavy atom. The van der Waals surface area contributed by atoms with Crippen LogP contribution in [0, 0.1) is 11.8 Å². The van der Waals surface area contributed by atoms with Gasteiger partial charge in [-0.3, -0.25) is 4.79 Å². The van der Waals surface area contributed by atoms with Crippen molar-refractivity contribution in [1.29, 1.82) is 0 Å². The topological polar surface area (TPSA) is 106 Å². The Morgan fingerprint density at radius 2 is 1.55 bits per heavy atom. The molecular formula is C31H45N2O6P. The van der Waals surface area contributed by atoms with Crippen molar-refractivity contribution in [3.05, 3.63) is 60.7 Å². The van der Waals surface area contributed by atoms with Crippen LogP contribution in [0.3, 0.4) is 0 Å². The fraction of sp³-hybridized carbons (Fsp3) is 0.581. The predicted molar refractivity (Wildman–Crippen MR) is 156 cm³/mol. The molecule has 0 radical (unpaired) electrons. The van der Waals surface area contributed by atoms with Crippen molar-refractivity contribution in [3.8, 4) is 11.5 Å². The zero-order valence-corrected chi connectivity index (χ0v) is 24.6. The van der Waals surface area contributed by atoms with Gasteiger partial charge in [0.25, 0.3) is 0 Å². The molecular weight excluding hydrogens is 527 g/mol. The first-order chi connectivity index (χ1) is 19.3. The van der Waals surface area contributed by atoms with E-state index in [1.165, 1.54) is 19.3 Å². The van der Waals surface area contributed by atoms with Crippen molar-refractivity contribution in [2.75, 3.05) is 6.61 Å². The van der Waals surface area contributed by atoms with Gasteiger partial charge in [0, 0.05) is 6.61 Å². The molecule has 2 aliphatic rings. The number of rotatable bonds is 14. The Morgan fingerprint density at radius 1 is 0.950 bits per heavy atom. The number of para-hydroxylation sites is 2. The number of carbonyl (C=O) groups excluding carboxylic acids is 1. The average molecular weight is 573 g/mol. The van der Waals surface area contributed by atoms with E-state index in [2.05, 4.69) is 10.4 Å². The number of aliphatic hydroxyl groups is 1. The molecule has 1 amide bonds. The van der Waals surface area contributed by atoms with E-state index in [1.807, 2.05) is 26.0 Å². The lowest BCUT2D eigenvalue weighted by Crippen LogP contribution is -2.54. The van der Waals surface area contributed by atoms with E-state index >= 15 is 0 Å². The highest BCUT2D eigenvalue weighted by molar-refractivity contribution is 7.52. The minimum Gasteiger partial charge on any atom is -0.405 e. The third kappa shape index (κ3) is 9.34. The Balaban J connectivity index is 1.55. The monoisotopic (exact) mass is 572 g/mol. The summed E-state index contributed by atoms with van der Waals surface area (Å²) in [5.74, 6) is 0.953. The molecule has 2 fully saturated rings. The first kappa shape index (κ1) is 30.6. The fourth-order valence-corrected chi connectivity index (χ4v) is 7.22. The molecule has 0 bridgehead atoms. The minimum atomic E-state index is -4.05. The molecule has 0 aromatic heterocycles. The van der Waals surface area contributed by atoms with E-state index in [9.17, 15) is 14.5 Å². The highest BCUT2D eigenvalue weighted by Gasteiger charge is 2.39. The van der Waals surface area contributed by atoms with Crippen LogP contribution in [-0.2, 0) is 14.1 Å². The van der Waals surface area contributed by atoms with E-state index < -0.39 is 25.9 Å². The second-order valence-corrected chi connectivity index (χ2v) is 13.1. The van der Waals surface area contributed by atoms with Gasteiger partial charge in [0.15, 0.2) is 0 Å². The SMILES string of the molecule is CC(C)C[C@H](NP(=O)(Oc1ccccc1)Oc1ccccc1)C(=O)N[C@@H](CC1CCCCC1)[C@@H](O)[C@@H]1CCCO1. The Hall–Kier alpha value is -2.38. The van der Waals surface area contributed by atoms with Crippen molar-refractivity contribution in [2.45, 2.75) is 95.9 Å². The summed E-state index contributed by atoms with van der Waals surface area (Å²) in [5, 5.41) is 17.4. The smallest absolute Gasteiger partial charge is 0.405 e. The number of nitrogens with one attached hydrogen (secondary N) is 2. The normalized spacial score (nSPS) is 20.6. The van der Waals surface area contributed by atoms with Crippen LogP contribution in [0.1, 0.15) is 71.6 Å². The summed E-state index contributed by atoms with van der Waals surface area (Å²) in [6.07, 6.45) is 7.47. The molecule has 1 saturated heterocycles. The van der Waals surface area contributed by atoms with E-state index in [-0.39, 0.29) is 17.9 Å². The first-order valence-corrected chi connectivity index (χ1v) is 16.3. The zero-order valence-electron chi connectivity index (χ0n) is 23.7. The lowest BCUT2D eigenvalue weighted by atomic mass is 9.82. The maximum absolute atomic E-state index is 14.2. The summed E-state index contributed by atoms with van der Waals surface area (Å²) in [7, 11) is -4.05. The zero-order chi connectivity index (χ0) is 28.4. The molecule has 0 unspecified atom stereocenters. The maximum Gasteiger partial charge on any atom is 0.513 e. The van der Waals surface area contributed by atoms with Crippen LogP contribution < -0.4 is 19.5 Å². The molecule has 0 spiro atoms. The van der Waals surface area contributed by atoms with Crippen molar-refractivity contribution in [3.63, 3.8) is 0 Å². The summed E-state index contributed by atoms with van der Waals surface area (Å²) in [6.45, 7) is 4.63. The summed E-state index contributed by atoms with van der Waals surface area (Å²) in [4.78, 5) is 13.9. The van der Waals surface area contributed by atoms with E-state index in [4.69, 9.17) is 13.8 Å². The van der Waals surface area contributed by atoms with Crippen LogP contribution in [0.5, 0.6) is 11.5 Å². The van der Waals surface area contributed by atoms with Crippen LogP contribution in [0.25, 0.3) is 0 Å². The summed E-state index contributed by atoms with van der Waals surface area (Å²) >= 11 is 0. The van der Waals surface area contributed by atoms with Gasteiger partial charge in [-0.1, -0.05) is 82.3 Å². The largest absolute Gasteiger partial charge is 0.513 e. The summed E-state index contributed by atoms with van der Waals surface area (Å²) < 4.78 is 31.8. The highest BCUT2D eigenvalue weighted by atomic mass is 31.2. The first-order valence-electron chi connectivity index (χ1n) is 14.8. The molecule has 220 valence electrons. The van der Waals surface area contributed by atoms with Crippen molar-refractivity contribution in [2.24, 2.45) is 11.8 Å². The lowest BCUT2D eigenvalue weighted by Gasteiger charge is -2.34. The number of carbonyl (C=O) groups is 1. The van der Waals surface area contributed by atoms with Crippen LogP contribution in [0.2, 0.25) is 0 Å². The van der Waals surface area contributed by atoms with E-state index in [0.29, 0.717) is 36.9 Å². The van der Waals surface area contributed by atoms with Gasteiger partial charge in [0.1, 0.15) is 17.6 Å². The molecule has 4 rings (SSSR count). The van der Waals surface area contributed by atoms with Crippen LogP contribution in [0.15, 0.2) is 60.7 Å². The van der Waals surface area contributed by atoms with Crippen LogP contribution in [-0.4, -0.2) is 41.9 Å². The molecule has 2 aromatic carbocycles. The molecule has 1 aliphatic heterocycles. The third-order valence-corrected chi connectivity index (χ3v) is 9.20. The predicted octanol–water partition coefficient (Wildman–Crippen LogP) is 6.25. The number of amides is 1. The number of aliphatic hydroxyl groups excluding tert-OH is 1. The quantitative estimate of drug-likeness (QED) is 0.230. The molecule has 1 saturated carbocycles. The van der Waals surface area contributed by atoms with E-state index in [0.717, 1.165) is 25.7 Å². The summed E-state index contributed by atoms with van der Waals surface area (Å²) in [5.41, 5.74) is 0. The standard InChI is InChI=1S/C31H45N2O6P/c1-23(2)21-28(33-40(36,38-25-15-8-4-9-16-25)39-26-17-10-5-11-18-26)31(35)32-27(22-24-13-6-3-7-14-24)30(34)29-19-12-20-37-29/h4-5,8-11,15-18,23-24,27-30,34H,3,6-7,12-14,19-22H2,1-2H3,(H,32,35)(H,33,36)/t27-,28-,29-,30+/m0/s1. The van der Waals surface area contributed by atoms with Gasteiger partial charge in [-0.2, -0.15) is 5.09 Å². The Labute approximate surface area is 238 Å². The van der Waals surface area contributed by atoms with Gasteiger partial charge in [0.05, 0.1) is 18.2 Å². The van der Waals surface area contributed by atoms with Crippen molar-refractivity contribution >= 4 is 13.7 Å². The Kier molecular flexibility index (Phi) is 11.5. The fourth-order valence-electron chi connectivity index (χ4n) is 5.67. The number of ether oxygens (including phenoxy) is 1. The van der Waals surface area contributed by atoms with Gasteiger partial charge < -0.3 is 24.2 Å². The van der Waals surface area contributed by atoms with E-state index in [1.54, 1.807) is 48.5 Å². The number of hydrogen-bond donors (Lipinski definition) is 3. The molecule has 1 aliphatic carbocycles. The molecule has 1 heterocycles. The van der Waals surface area contributed by atoms with Crippen molar-refractivity contribution < 1.29 is 28.3 Å². The Bertz CT molecular complexity index is 1030. The highest BCUT2D eigenvalue weighted by Crippen LogP contribution is 2.45. The minimum absolute atomic E-state index is 0.116. The second-order valence-electron chi connectivity index (χ2n) is 11.5. The van der Waals surface area contributed by atoms with Gasteiger partial charge in [0.2, 0.25) is 5.91 Å². The molecule has 9 heteroatoms. The van der Waals surface area contributed by atoms with Gasteiger partial charge in [-0.15, -0.1) is 0 Å². The molecule has 8 nitrogen and oxygen atoms in total. The van der Waals surface area contributed by atoms with Crippen molar-refractivity contribution in [1.82, 2.24) is 10.4 Å². The van der Waals surface area contributed by atoms with Gasteiger partial charge >= 0.3 is 7.75 Å². The van der Waals surface area contributed by atoms with Crippen LogP contribution >= 0.6 is 7.75 Å². The molecule has 3 N–H and O–H groups in total. The lowest BCUT2D eigenvalue weighted by molar-refractivity contribution is -0.126.